The molecule has 17 heavy (non-hydrogen) atoms. The van der Waals surface area contributed by atoms with Gasteiger partial charge in [0, 0.05) is 19.2 Å². The molecule has 7 heteroatoms. The predicted octanol–water partition coefficient (Wildman–Crippen LogP) is 1.84. The Morgan fingerprint density at radius 2 is 2.06 bits per heavy atom. The minimum atomic E-state index is -1.23. The summed E-state index contributed by atoms with van der Waals surface area (Å²) in [7, 11) is 1.71. The Balaban J connectivity index is 2.17. The van der Waals surface area contributed by atoms with E-state index in [-0.39, 0.29) is 12.2 Å². The first-order valence-electron chi connectivity index (χ1n) is 4.79. The molecule has 0 aliphatic carbocycles. The second kappa shape index (κ2) is 4.44. The molecule has 4 nitrogen and oxygen atoms in total. The molecule has 0 radical (unpaired) electrons. The Morgan fingerprint density at radius 1 is 1.29 bits per heavy atom. The van der Waals surface area contributed by atoms with E-state index in [1.807, 2.05) is 0 Å². The highest BCUT2D eigenvalue weighted by Gasteiger charge is 2.11. The van der Waals surface area contributed by atoms with Crippen LogP contribution in [0.5, 0.6) is 0 Å². The third-order valence-corrected chi connectivity index (χ3v) is 2.24. The van der Waals surface area contributed by atoms with E-state index in [1.54, 1.807) is 11.6 Å². The lowest BCUT2D eigenvalue weighted by atomic mass is 10.3. The quantitative estimate of drug-likeness (QED) is 0.835. The summed E-state index contributed by atoms with van der Waals surface area (Å²) < 4.78 is 40.6. The monoisotopic (exact) mass is 242 g/mol. The van der Waals surface area contributed by atoms with Crippen molar-refractivity contribution in [2.75, 3.05) is 5.32 Å². The molecule has 0 saturated carbocycles. The maximum absolute atomic E-state index is 13.3. The minimum absolute atomic E-state index is 0.121. The van der Waals surface area contributed by atoms with Gasteiger partial charge in [0.1, 0.15) is 12.1 Å². The Morgan fingerprint density at radius 3 is 2.71 bits per heavy atom. The number of nitrogens with one attached hydrogen (secondary N) is 1. The summed E-state index contributed by atoms with van der Waals surface area (Å²) in [5, 5.41) is 9.93. The number of nitrogens with zero attached hydrogens (tertiary/aromatic N) is 3. The van der Waals surface area contributed by atoms with Crippen molar-refractivity contribution in [3.8, 4) is 0 Å². The van der Waals surface area contributed by atoms with Crippen LogP contribution in [0.1, 0.15) is 5.82 Å². The molecule has 1 aromatic carbocycles. The van der Waals surface area contributed by atoms with Crippen molar-refractivity contribution >= 4 is 5.69 Å². The van der Waals surface area contributed by atoms with E-state index in [0.29, 0.717) is 11.9 Å². The average Bonchev–Trinajstić information content (AvgIpc) is 2.67. The average molecular weight is 242 g/mol. The van der Waals surface area contributed by atoms with Crippen LogP contribution < -0.4 is 5.32 Å². The third kappa shape index (κ3) is 2.38. The maximum atomic E-state index is 13.3. The summed E-state index contributed by atoms with van der Waals surface area (Å²) in [5.74, 6) is -2.67. The third-order valence-electron chi connectivity index (χ3n) is 2.24. The van der Waals surface area contributed by atoms with Crippen LogP contribution in [0.15, 0.2) is 18.5 Å². The van der Waals surface area contributed by atoms with E-state index in [0.717, 1.165) is 6.07 Å². The molecule has 0 amide bonds. The Labute approximate surface area is 95.1 Å². The number of rotatable bonds is 3. The number of aryl methyl sites for hydroxylation is 1. The van der Waals surface area contributed by atoms with Gasteiger partial charge in [0.25, 0.3) is 0 Å². The Hall–Kier alpha value is -2.05. The lowest BCUT2D eigenvalue weighted by Crippen LogP contribution is -2.08. The van der Waals surface area contributed by atoms with Gasteiger partial charge in [-0.3, -0.25) is 0 Å². The van der Waals surface area contributed by atoms with Gasteiger partial charge in [-0.15, -0.1) is 10.2 Å². The number of aromatic nitrogens is 3. The highest BCUT2D eigenvalue weighted by molar-refractivity contribution is 5.45. The van der Waals surface area contributed by atoms with E-state index in [2.05, 4.69) is 15.5 Å². The summed E-state index contributed by atoms with van der Waals surface area (Å²) in [6.45, 7) is 0.121. The lowest BCUT2D eigenvalue weighted by molar-refractivity contribution is 0.497. The molecule has 1 heterocycles. The smallest absolute Gasteiger partial charge is 0.182 e. The zero-order valence-electron chi connectivity index (χ0n) is 8.91. The molecule has 0 atom stereocenters. The molecule has 90 valence electrons. The van der Waals surface area contributed by atoms with Crippen LogP contribution in [0.2, 0.25) is 0 Å². The van der Waals surface area contributed by atoms with E-state index in [4.69, 9.17) is 0 Å². The highest BCUT2D eigenvalue weighted by atomic mass is 19.2. The van der Waals surface area contributed by atoms with Crippen LogP contribution in [-0.2, 0) is 13.6 Å². The molecule has 0 aliphatic heterocycles. The van der Waals surface area contributed by atoms with Crippen molar-refractivity contribution < 1.29 is 13.2 Å². The van der Waals surface area contributed by atoms with Crippen molar-refractivity contribution in [3.05, 3.63) is 41.7 Å². The molecule has 0 aliphatic rings. The van der Waals surface area contributed by atoms with Gasteiger partial charge in [-0.2, -0.15) is 0 Å². The molecule has 0 fully saturated rings. The fourth-order valence-corrected chi connectivity index (χ4v) is 1.33. The van der Waals surface area contributed by atoms with E-state index >= 15 is 0 Å². The van der Waals surface area contributed by atoms with Crippen LogP contribution in [-0.4, -0.2) is 14.8 Å². The summed E-state index contributed by atoms with van der Waals surface area (Å²) in [6.07, 6.45) is 1.47. The van der Waals surface area contributed by atoms with E-state index in [9.17, 15) is 13.2 Å². The molecule has 2 aromatic rings. The molecule has 0 saturated heterocycles. The zero-order chi connectivity index (χ0) is 12.4. The number of benzene rings is 1. The fraction of sp³-hybridized carbons (Fsp3) is 0.200. The SMILES string of the molecule is Cn1cnnc1CNc1cc(F)cc(F)c1F. The van der Waals surface area contributed by atoms with Gasteiger partial charge in [0.2, 0.25) is 0 Å². The van der Waals surface area contributed by atoms with Crippen LogP contribution in [0, 0.1) is 17.5 Å². The predicted molar refractivity (Wildman–Crippen MR) is 54.6 cm³/mol. The van der Waals surface area contributed by atoms with Crippen molar-refractivity contribution in [3.63, 3.8) is 0 Å². The first-order valence-corrected chi connectivity index (χ1v) is 4.79. The van der Waals surface area contributed by atoms with Crippen LogP contribution >= 0.6 is 0 Å². The second-order valence-corrected chi connectivity index (χ2v) is 3.46. The van der Waals surface area contributed by atoms with Gasteiger partial charge < -0.3 is 9.88 Å². The summed E-state index contributed by atoms with van der Waals surface area (Å²) in [4.78, 5) is 0. The topological polar surface area (TPSA) is 42.7 Å². The molecule has 0 spiro atoms. The minimum Gasteiger partial charge on any atom is -0.375 e. The first-order chi connectivity index (χ1) is 8.08. The van der Waals surface area contributed by atoms with E-state index < -0.39 is 17.5 Å². The second-order valence-electron chi connectivity index (χ2n) is 3.46. The van der Waals surface area contributed by atoms with E-state index in [1.165, 1.54) is 6.33 Å². The van der Waals surface area contributed by atoms with Gasteiger partial charge in [-0.1, -0.05) is 0 Å². The number of halogens is 3. The highest BCUT2D eigenvalue weighted by Crippen LogP contribution is 2.19. The molecule has 0 unspecified atom stereocenters. The summed E-state index contributed by atoms with van der Waals surface area (Å²) in [6, 6.07) is 1.37. The Bertz CT molecular complexity index is 538. The molecular weight excluding hydrogens is 233 g/mol. The molecule has 1 aromatic heterocycles. The number of hydrogen-bond donors (Lipinski definition) is 1. The number of anilines is 1. The van der Waals surface area contributed by atoms with Crippen molar-refractivity contribution in [1.82, 2.24) is 14.8 Å². The van der Waals surface area contributed by atoms with Crippen LogP contribution in [0.3, 0.4) is 0 Å². The molecule has 2 rings (SSSR count). The molecule has 0 bridgehead atoms. The molecule has 1 N–H and O–H groups in total. The molecular formula is C10H9F3N4. The lowest BCUT2D eigenvalue weighted by Gasteiger charge is -2.07. The fourth-order valence-electron chi connectivity index (χ4n) is 1.33. The van der Waals surface area contributed by atoms with Gasteiger partial charge in [-0.05, 0) is 0 Å². The van der Waals surface area contributed by atoms with Gasteiger partial charge in [-0.25, -0.2) is 13.2 Å². The van der Waals surface area contributed by atoms with Gasteiger partial charge in [0.15, 0.2) is 17.5 Å². The summed E-state index contributed by atoms with van der Waals surface area (Å²) >= 11 is 0. The summed E-state index contributed by atoms with van der Waals surface area (Å²) in [5.41, 5.74) is -0.245. The standard InChI is InChI=1S/C10H9F3N4/c1-17-5-15-16-9(17)4-14-8-3-6(11)2-7(12)10(8)13/h2-3,5,14H,4H2,1H3. The first kappa shape index (κ1) is 11.4. The zero-order valence-corrected chi connectivity index (χ0v) is 8.91. The number of hydrogen-bond acceptors (Lipinski definition) is 3. The van der Waals surface area contributed by atoms with Gasteiger partial charge in [0.05, 0.1) is 12.2 Å². The van der Waals surface area contributed by atoms with Crippen LogP contribution in [0.4, 0.5) is 18.9 Å². The van der Waals surface area contributed by atoms with Crippen LogP contribution in [0.25, 0.3) is 0 Å². The maximum Gasteiger partial charge on any atom is 0.182 e. The van der Waals surface area contributed by atoms with Crippen molar-refractivity contribution in [2.24, 2.45) is 7.05 Å². The van der Waals surface area contributed by atoms with Gasteiger partial charge >= 0.3 is 0 Å². The normalized spacial score (nSPS) is 10.6. The Kier molecular flexibility index (Phi) is 2.99. The largest absolute Gasteiger partial charge is 0.375 e. The van der Waals surface area contributed by atoms with Crippen molar-refractivity contribution in [1.29, 1.82) is 0 Å². The van der Waals surface area contributed by atoms with Crippen molar-refractivity contribution in [2.45, 2.75) is 6.54 Å².